The van der Waals surface area contributed by atoms with Crippen molar-refractivity contribution in [1.82, 2.24) is 0 Å². The maximum absolute atomic E-state index is 5.90. The number of nitrogens with two attached hydrogens (primary N) is 2. The lowest BCUT2D eigenvalue weighted by molar-refractivity contribution is -0.0262. The molecule has 4 N–H and O–H groups in total. The lowest BCUT2D eigenvalue weighted by Crippen LogP contribution is -2.36. The monoisotopic (exact) mass is 200 g/mol. The van der Waals surface area contributed by atoms with Crippen molar-refractivity contribution in [3.05, 3.63) is 12.7 Å². The Morgan fingerprint density at radius 1 is 1.29 bits per heavy atom. The molecular formula is C11H24N2O. The molecule has 0 rings (SSSR count). The van der Waals surface area contributed by atoms with Gasteiger partial charge in [0.2, 0.25) is 0 Å². The molecule has 0 aliphatic rings. The standard InChI is InChI=1S/C11H24N2O/c1-5-11(4,13)7-9-14-10(2,3)6-8-12/h5H,1,6-9,12-13H2,2-4H3. The summed E-state index contributed by atoms with van der Waals surface area (Å²) in [4.78, 5) is 0. The van der Waals surface area contributed by atoms with Gasteiger partial charge in [0.15, 0.2) is 0 Å². The molecule has 0 bridgehead atoms. The van der Waals surface area contributed by atoms with E-state index in [4.69, 9.17) is 16.2 Å². The molecule has 14 heavy (non-hydrogen) atoms. The Labute approximate surface area is 87.5 Å². The van der Waals surface area contributed by atoms with E-state index in [1.165, 1.54) is 0 Å². The van der Waals surface area contributed by atoms with E-state index in [1.807, 2.05) is 20.8 Å². The zero-order chi connectivity index (χ0) is 11.2. The van der Waals surface area contributed by atoms with Gasteiger partial charge in [0.1, 0.15) is 0 Å². The van der Waals surface area contributed by atoms with Crippen LogP contribution in [0.5, 0.6) is 0 Å². The minimum absolute atomic E-state index is 0.147. The SMILES string of the molecule is C=CC(C)(N)CCOC(C)(C)CCN. The molecule has 0 aromatic heterocycles. The van der Waals surface area contributed by atoms with E-state index < -0.39 is 0 Å². The second-order valence-electron chi connectivity index (χ2n) is 4.61. The summed E-state index contributed by atoms with van der Waals surface area (Å²) >= 11 is 0. The Hall–Kier alpha value is -0.380. The molecule has 0 heterocycles. The van der Waals surface area contributed by atoms with Crippen LogP contribution >= 0.6 is 0 Å². The predicted molar refractivity (Wildman–Crippen MR) is 61.1 cm³/mol. The minimum Gasteiger partial charge on any atom is -0.375 e. The molecule has 0 radical (unpaired) electrons. The van der Waals surface area contributed by atoms with E-state index in [9.17, 15) is 0 Å². The van der Waals surface area contributed by atoms with Gasteiger partial charge in [-0.15, -0.1) is 6.58 Å². The molecule has 0 saturated heterocycles. The van der Waals surface area contributed by atoms with Gasteiger partial charge in [-0.3, -0.25) is 0 Å². The van der Waals surface area contributed by atoms with Gasteiger partial charge in [-0.25, -0.2) is 0 Å². The molecule has 0 aromatic rings. The normalized spacial score (nSPS) is 16.4. The van der Waals surface area contributed by atoms with Gasteiger partial charge in [0.25, 0.3) is 0 Å². The van der Waals surface area contributed by atoms with Crippen LogP contribution in [0, 0.1) is 0 Å². The summed E-state index contributed by atoms with van der Waals surface area (Å²) in [5.41, 5.74) is 10.9. The summed E-state index contributed by atoms with van der Waals surface area (Å²) < 4.78 is 5.70. The van der Waals surface area contributed by atoms with E-state index in [0.29, 0.717) is 13.2 Å². The topological polar surface area (TPSA) is 61.3 Å². The van der Waals surface area contributed by atoms with Crippen molar-refractivity contribution in [2.24, 2.45) is 11.5 Å². The summed E-state index contributed by atoms with van der Waals surface area (Å²) in [5, 5.41) is 0. The lowest BCUT2D eigenvalue weighted by atomic mass is 10.00. The van der Waals surface area contributed by atoms with Crippen LogP contribution in [0.3, 0.4) is 0 Å². The summed E-state index contributed by atoms with van der Waals surface area (Å²) in [6.45, 7) is 11.0. The minimum atomic E-state index is -0.335. The highest BCUT2D eigenvalue weighted by Gasteiger charge is 2.19. The first-order chi connectivity index (χ1) is 6.33. The first kappa shape index (κ1) is 13.6. The Kier molecular flexibility index (Phi) is 5.34. The zero-order valence-electron chi connectivity index (χ0n) is 9.68. The third-order valence-electron chi connectivity index (χ3n) is 2.35. The smallest absolute Gasteiger partial charge is 0.0638 e. The highest BCUT2D eigenvalue weighted by Crippen LogP contribution is 2.15. The average Bonchev–Trinajstić information content (AvgIpc) is 2.03. The first-order valence-electron chi connectivity index (χ1n) is 5.09. The maximum atomic E-state index is 5.90. The Bertz CT molecular complexity index is 176. The Morgan fingerprint density at radius 2 is 1.86 bits per heavy atom. The highest BCUT2D eigenvalue weighted by atomic mass is 16.5. The van der Waals surface area contributed by atoms with Crippen LogP contribution in [0.2, 0.25) is 0 Å². The van der Waals surface area contributed by atoms with E-state index >= 15 is 0 Å². The first-order valence-corrected chi connectivity index (χ1v) is 5.09. The van der Waals surface area contributed by atoms with Gasteiger partial charge >= 0.3 is 0 Å². The van der Waals surface area contributed by atoms with E-state index in [-0.39, 0.29) is 11.1 Å². The third-order valence-corrected chi connectivity index (χ3v) is 2.35. The average molecular weight is 200 g/mol. The molecule has 1 atom stereocenters. The molecule has 0 aromatic carbocycles. The fourth-order valence-corrected chi connectivity index (χ4v) is 1.07. The van der Waals surface area contributed by atoms with Gasteiger partial charge in [0.05, 0.1) is 5.60 Å². The fourth-order valence-electron chi connectivity index (χ4n) is 1.07. The quantitative estimate of drug-likeness (QED) is 0.611. The second-order valence-corrected chi connectivity index (χ2v) is 4.61. The number of rotatable bonds is 7. The van der Waals surface area contributed by atoms with Crippen LogP contribution in [0.1, 0.15) is 33.6 Å². The van der Waals surface area contributed by atoms with Crippen molar-refractivity contribution in [3.63, 3.8) is 0 Å². The molecule has 3 heteroatoms. The van der Waals surface area contributed by atoms with Crippen molar-refractivity contribution >= 4 is 0 Å². The number of hydrogen-bond acceptors (Lipinski definition) is 3. The van der Waals surface area contributed by atoms with Crippen LogP contribution in [0.25, 0.3) is 0 Å². The molecular weight excluding hydrogens is 176 g/mol. The molecule has 3 nitrogen and oxygen atoms in total. The number of hydrogen-bond donors (Lipinski definition) is 2. The van der Waals surface area contributed by atoms with Crippen LogP contribution in [0.15, 0.2) is 12.7 Å². The summed E-state index contributed by atoms with van der Waals surface area (Å²) in [6, 6.07) is 0. The van der Waals surface area contributed by atoms with Crippen molar-refractivity contribution in [3.8, 4) is 0 Å². The molecule has 0 amide bonds. The van der Waals surface area contributed by atoms with E-state index in [0.717, 1.165) is 12.8 Å². The Morgan fingerprint density at radius 3 is 2.29 bits per heavy atom. The zero-order valence-corrected chi connectivity index (χ0v) is 9.68. The van der Waals surface area contributed by atoms with Crippen LogP contribution in [-0.4, -0.2) is 24.3 Å². The summed E-state index contributed by atoms with van der Waals surface area (Å²) in [6.07, 6.45) is 3.40. The van der Waals surface area contributed by atoms with Gasteiger partial charge in [-0.1, -0.05) is 6.08 Å². The molecule has 0 saturated carbocycles. The van der Waals surface area contributed by atoms with Crippen LogP contribution in [0.4, 0.5) is 0 Å². The summed E-state index contributed by atoms with van der Waals surface area (Å²) in [5.74, 6) is 0. The van der Waals surface area contributed by atoms with Crippen molar-refractivity contribution < 1.29 is 4.74 Å². The molecule has 1 unspecified atom stereocenters. The second kappa shape index (κ2) is 5.49. The van der Waals surface area contributed by atoms with Gasteiger partial charge in [-0.05, 0) is 40.2 Å². The van der Waals surface area contributed by atoms with Crippen molar-refractivity contribution in [2.75, 3.05) is 13.2 Å². The lowest BCUT2D eigenvalue weighted by Gasteiger charge is -2.27. The molecule has 0 aliphatic heterocycles. The number of ether oxygens (including phenoxy) is 1. The van der Waals surface area contributed by atoms with Gasteiger partial charge < -0.3 is 16.2 Å². The van der Waals surface area contributed by atoms with Crippen molar-refractivity contribution in [1.29, 1.82) is 0 Å². The fraction of sp³-hybridized carbons (Fsp3) is 0.818. The summed E-state index contributed by atoms with van der Waals surface area (Å²) in [7, 11) is 0. The maximum Gasteiger partial charge on any atom is 0.0638 e. The molecule has 84 valence electrons. The van der Waals surface area contributed by atoms with Crippen LogP contribution in [-0.2, 0) is 4.74 Å². The molecule has 0 fully saturated rings. The molecule has 0 aliphatic carbocycles. The highest BCUT2D eigenvalue weighted by molar-refractivity contribution is 4.96. The third kappa shape index (κ3) is 6.13. The van der Waals surface area contributed by atoms with Gasteiger partial charge in [0, 0.05) is 12.1 Å². The Balaban J connectivity index is 3.78. The van der Waals surface area contributed by atoms with Gasteiger partial charge in [-0.2, -0.15) is 0 Å². The predicted octanol–water partition coefficient (Wildman–Crippen LogP) is 1.42. The van der Waals surface area contributed by atoms with E-state index in [1.54, 1.807) is 6.08 Å². The largest absolute Gasteiger partial charge is 0.375 e. The van der Waals surface area contributed by atoms with E-state index in [2.05, 4.69) is 6.58 Å². The van der Waals surface area contributed by atoms with Crippen LogP contribution < -0.4 is 11.5 Å². The molecule has 0 spiro atoms. The van der Waals surface area contributed by atoms with Crippen molar-refractivity contribution in [2.45, 2.75) is 44.8 Å².